The van der Waals surface area contributed by atoms with E-state index in [9.17, 15) is 13.2 Å². The van der Waals surface area contributed by atoms with Gasteiger partial charge in [0.1, 0.15) is 10.6 Å². The Morgan fingerprint density at radius 3 is 2.44 bits per heavy atom. The molecule has 0 aromatic heterocycles. The monoisotopic (exact) mass is 389 g/mol. The van der Waals surface area contributed by atoms with Crippen LogP contribution in [0.15, 0.2) is 23.1 Å². The standard InChI is InChI=1S/C16H24ClN3O4S/c1-18(2)7-6-16(21)19-8-10-20(11-9-19)25(22,23)15-12-13(17)4-5-14(15)24-3/h4-5,12H,6-11H2,1-3H3. The number of benzene rings is 1. The van der Waals surface area contributed by atoms with E-state index in [0.29, 0.717) is 31.1 Å². The molecule has 0 spiro atoms. The van der Waals surface area contributed by atoms with Crippen LogP contribution in [0.5, 0.6) is 5.75 Å². The Labute approximate surface area is 154 Å². The minimum Gasteiger partial charge on any atom is -0.495 e. The van der Waals surface area contributed by atoms with Gasteiger partial charge in [-0.2, -0.15) is 4.31 Å². The zero-order valence-electron chi connectivity index (χ0n) is 14.7. The quantitative estimate of drug-likeness (QED) is 0.729. The van der Waals surface area contributed by atoms with Crippen LogP contribution in [0.3, 0.4) is 0 Å². The first-order valence-corrected chi connectivity index (χ1v) is 9.83. The van der Waals surface area contributed by atoms with Crippen molar-refractivity contribution >= 4 is 27.5 Å². The van der Waals surface area contributed by atoms with Gasteiger partial charge in [0.05, 0.1) is 7.11 Å². The highest BCUT2D eigenvalue weighted by Gasteiger charge is 2.32. The fraction of sp³-hybridized carbons (Fsp3) is 0.562. The first kappa shape index (κ1) is 20.0. The predicted octanol–water partition coefficient (Wildman–Crippen LogP) is 1.13. The third-order valence-electron chi connectivity index (χ3n) is 4.11. The van der Waals surface area contributed by atoms with Gasteiger partial charge in [-0.25, -0.2) is 8.42 Å². The van der Waals surface area contributed by atoms with Gasteiger partial charge in [-0.3, -0.25) is 4.79 Å². The molecule has 1 saturated heterocycles. The van der Waals surface area contributed by atoms with Gasteiger partial charge in [0, 0.05) is 44.2 Å². The lowest BCUT2D eigenvalue weighted by molar-refractivity contribution is -0.132. The Morgan fingerprint density at radius 2 is 1.88 bits per heavy atom. The summed E-state index contributed by atoms with van der Waals surface area (Å²) in [4.78, 5) is 15.9. The van der Waals surface area contributed by atoms with E-state index in [-0.39, 0.29) is 29.6 Å². The normalized spacial score (nSPS) is 16.3. The van der Waals surface area contributed by atoms with Gasteiger partial charge in [-0.05, 0) is 32.3 Å². The summed E-state index contributed by atoms with van der Waals surface area (Å²) in [6.07, 6.45) is 0.432. The van der Waals surface area contributed by atoms with E-state index in [1.807, 2.05) is 19.0 Å². The van der Waals surface area contributed by atoms with Gasteiger partial charge in [0.2, 0.25) is 15.9 Å². The largest absolute Gasteiger partial charge is 0.495 e. The van der Waals surface area contributed by atoms with E-state index >= 15 is 0 Å². The van der Waals surface area contributed by atoms with Gasteiger partial charge in [-0.1, -0.05) is 11.6 Å². The fourth-order valence-electron chi connectivity index (χ4n) is 2.65. The summed E-state index contributed by atoms with van der Waals surface area (Å²) < 4.78 is 32.3. The van der Waals surface area contributed by atoms with Crippen molar-refractivity contribution in [3.63, 3.8) is 0 Å². The van der Waals surface area contributed by atoms with Crippen molar-refractivity contribution < 1.29 is 17.9 Å². The number of ether oxygens (including phenoxy) is 1. The third-order valence-corrected chi connectivity index (χ3v) is 6.26. The predicted molar refractivity (Wildman–Crippen MR) is 96.5 cm³/mol. The van der Waals surface area contributed by atoms with Crippen LogP contribution < -0.4 is 4.74 Å². The molecule has 1 aliphatic heterocycles. The minimum atomic E-state index is -3.72. The van der Waals surface area contributed by atoms with Crippen LogP contribution in [0.1, 0.15) is 6.42 Å². The van der Waals surface area contributed by atoms with Gasteiger partial charge in [0.25, 0.3) is 0 Å². The molecule has 0 saturated carbocycles. The molecule has 0 aliphatic carbocycles. The van der Waals surface area contributed by atoms with Crippen molar-refractivity contribution in [2.24, 2.45) is 0 Å². The highest BCUT2D eigenvalue weighted by molar-refractivity contribution is 7.89. The molecule has 1 aromatic carbocycles. The Morgan fingerprint density at radius 1 is 1.24 bits per heavy atom. The number of rotatable bonds is 6. The molecule has 0 unspecified atom stereocenters. The molecule has 1 aliphatic rings. The van der Waals surface area contributed by atoms with Crippen LogP contribution in [0, 0.1) is 0 Å². The molecule has 1 amide bonds. The number of hydrogen-bond acceptors (Lipinski definition) is 5. The average Bonchev–Trinajstić information content (AvgIpc) is 2.59. The Hall–Kier alpha value is -1.35. The van der Waals surface area contributed by atoms with Crippen molar-refractivity contribution in [3.8, 4) is 5.75 Å². The molecule has 7 nitrogen and oxygen atoms in total. The number of amides is 1. The lowest BCUT2D eigenvalue weighted by Crippen LogP contribution is -2.50. The van der Waals surface area contributed by atoms with Gasteiger partial charge < -0.3 is 14.5 Å². The molecule has 0 bridgehead atoms. The molecule has 1 fully saturated rings. The summed E-state index contributed by atoms with van der Waals surface area (Å²) in [7, 11) is 1.52. The Kier molecular flexibility index (Phi) is 6.67. The van der Waals surface area contributed by atoms with Crippen LogP contribution in [-0.4, -0.2) is 82.4 Å². The molecule has 1 aromatic rings. The number of piperazine rings is 1. The van der Waals surface area contributed by atoms with E-state index in [1.165, 1.54) is 23.5 Å². The molecule has 2 rings (SSSR count). The molecule has 0 N–H and O–H groups in total. The number of methoxy groups -OCH3 is 1. The topological polar surface area (TPSA) is 70.2 Å². The maximum Gasteiger partial charge on any atom is 0.246 e. The molecule has 0 atom stereocenters. The van der Waals surface area contributed by atoms with Gasteiger partial charge in [-0.15, -0.1) is 0 Å². The number of carbonyl (C=O) groups excluding carboxylic acids is 1. The van der Waals surface area contributed by atoms with E-state index in [2.05, 4.69) is 0 Å². The van der Waals surface area contributed by atoms with E-state index < -0.39 is 10.0 Å². The zero-order valence-corrected chi connectivity index (χ0v) is 16.3. The lowest BCUT2D eigenvalue weighted by Gasteiger charge is -2.34. The zero-order chi connectivity index (χ0) is 18.6. The Bertz CT molecular complexity index is 716. The van der Waals surface area contributed by atoms with E-state index in [1.54, 1.807) is 11.0 Å². The first-order valence-electron chi connectivity index (χ1n) is 8.02. The fourth-order valence-corrected chi connectivity index (χ4v) is 4.49. The summed E-state index contributed by atoms with van der Waals surface area (Å²) in [6, 6.07) is 4.52. The smallest absolute Gasteiger partial charge is 0.246 e. The first-order chi connectivity index (χ1) is 11.8. The molecule has 25 heavy (non-hydrogen) atoms. The van der Waals surface area contributed by atoms with Crippen LogP contribution in [-0.2, 0) is 14.8 Å². The third kappa shape index (κ3) is 4.84. The lowest BCUT2D eigenvalue weighted by atomic mass is 10.3. The van der Waals surface area contributed by atoms with Crippen LogP contribution >= 0.6 is 11.6 Å². The second-order valence-electron chi connectivity index (χ2n) is 6.13. The highest BCUT2D eigenvalue weighted by Crippen LogP contribution is 2.30. The van der Waals surface area contributed by atoms with Crippen molar-refractivity contribution in [1.29, 1.82) is 0 Å². The van der Waals surface area contributed by atoms with Crippen molar-refractivity contribution in [2.75, 3.05) is 53.9 Å². The summed E-state index contributed by atoms with van der Waals surface area (Å²) in [5.74, 6) is 0.306. The van der Waals surface area contributed by atoms with Crippen LogP contribution in [0.2, 0.25) is 5.02 Å². The second-order valence-corrected chi connectivity index (χ2v) is 8.48. The van der Waals surface area contributed by atoms with Crippen LogP contribution in [0.4, 0.5) is 0 Å². The molecule has 140 valence electrons. The van der Waals surface area contributed by atoms with Gasteiger partial charge >= 0.3 is 0 Å². The van der Waals surface area contributed by atoms with E-state index in [0.717, 1.165) is 0 Å². The maximum absolute atomic E-state index is 12.9. The average molecular weight is 390 g/mol. The number of hydrogen-bond donors (Lipinski definition) is 0. The number of carbonyl (C=O) groups is 1. The Balaban J connectivity index is 2.07. The van der Waals surface area contributed by atoms with Crippen molar-refractivity contribution in [3.05, 3.63) is 23.2 Å². The number of nitrogens with zero attached hydrogens (tertiary/aromatic N) is 3. The number of sulfonamides is 1. The van der Waals surface area contributed by atoms with Gasteiger partial charge in [0.15, 0.2) is 0 Å². The molecular formula is C16H24ClN3O4S. The summed E-state index contributed by atoms with van der Waals surface area (Å²) >= 11 is 5.95. The molecule has 9 heteroatoms. The minimum absolute atomic E-state index is 0.0473. The summed E-state index contributed by atoms with van der Waals surface area (Å²) in [5, 5.41) is 0.330. The SMILES string of the molecule is COc1ccc(Cl)cc1S(=O)(=O)N1CCN(C(=O)CCN(C)C)CC1. The second kappa shape index (κ2) is 8.35. The van der Waals surface area contributed by atoms with Crippen molar-refractivity contribution in [2.45, 2.75) is 11.3 Å². The highest BCUT2D eigenvalue weighted by atomic mass is 35.5. The van der Waals surface area contributed by atoms with E-state index in [4.69, 9.17) is 16.3 Å². The molecular weight excluding hydrogens is 366 g/mol. The van der Waals surface area contributed by atoms with Crippen LogP contribution in [0.25, 0.3) is 0 Å². The number of halogens is 1. The summed E-state index contributed by atoms with van der Waals surface area (Å²) in [6.45, 7) is 1.96. The van der Waals surface area contributed by atoms with Crippen molar-refractivity contribution in [1.82, 2.24) is 14.1 Å². The molecule has 0 radical (unpaired) electrons. The molecule has 1 heterocycles. The maximum atomic E-state index is 12.9. The summed E-state index contributed by atoms with van der Waals surface area (Å²) in [5.41, 5.74) is 0.